The number of carbonyl (C=O) groups is 1. The third-order valence-corrected chi connectivity index (χ3v) is 7.02. The second kappa shape index (κ2) is 10.1. The molecule has 2 atom stereocenters. The van der Waals surface area contributed by atoms with Crippen LogP contribution in [0.25, 0.3) is 20.8 Å². The SMILES string of the molecule is CCOC(=O)C1CN(c2nc(NC3CCCNC3)c(-c3nc4ccccc4s3)c(=O)[nH]2)CCO1. The van der Waals surface area contributed by atoms with Gasteiger partial charge in [0, 0.05) is 19.1 Å². The van der Waals surface area contributed by atoms with Crippen molar-refractivity contribution in [3.63, 3.8) is 0 Å². The molecule has 2 fully saturated rings. The number of H-pyrrole nitrogens is 1. The average molecular weight is 485 g/mol. The normalized spacial score (nSPS) is 20.9. The van der Waals surface area contributed by atoms with Crippen LogP contribution in [0.4, 0.5) is 11.8 Å². The van der Waals surface area contributed by atoms with Crippen molar-refractivity contribution in [1.29, 1.82) is 0 Å². The molecule has 180 valence electrons. The van der Waals surface area contributed by atoms with Crippen LogP contribution in [-0.2, 0) is 14.3 Å². The highest BCUT2D eigenvalue weighted by Gasteiger charge is 2.30. The summed E-state index contributed by atoms with van der Waals surface area (Å²) in [5.41, 5.74) is 1.02. The molecule has 11 heteroatoms. The number of piperidine rings is 1. The van der Waals surface area contributed by atoms with Crippen molar-refractivity contribution in [3.8, 4) is 10.6 Å². The van der Waals surface area contributed by atoms with Gasteiger partial charge in [0.2, 0.25) is 5.95 Å². The first-order valence-corrected chi connectivity index (χ1v) is 12.4. The molecule has 1 aromatic carbocycles. The highest BCUT2D eigenvalue weighted by atomic mass is 32.1. The van der Waals surface area contributed by atoms with Gasteiger partial charge in [-0.2, -0.15) is 4.98 Å². The Morgan fingerprint density at radius 1 is 1.35 bits per heavy atom. The van der Waals surface area contributed by atoms with Crippen molar-refractivity contribution < 1.29 is 14.3 Å². The van der Waals surface area contributed by atoms with E-state index >= 15 is 0 Å². The first-order valence-electron chi connectivity index (χ1n) is 11.6. The maximum atomic E-state index is 13.4. The fourth-order valence-corrected chi connectivity index (χ4v) is 5.29. The molecule has 0 radical (unpaired) electrons. The number of benzene rings is 1. The molecule has 2 aliphatic heterocycles. The number of thiazole rings is 1. The molecule has 2 saturated heterocycles. The fourth-order valence-electron chi connectivity index (χ4n) is 4.28. The molecule has 4 heterocycles. The summed E-state index contributed by atoms with van der Waals surface area (Å²) in [5.74, 6) is 0.497. The highest BCUT2D eigenvalue weighted by molar-refractivity contribution is 7.21. The number of para-hydroxylation sites is 1. The van der Waals surface area contributed by atoms with Gasteiger partial charge in [-0.05, 0) is 38.4 Å². The third kappa shape index (κ3) is 4.77. The van der Waals surface area contributed by atoms with Gasteiger partial charge in [-0.3, -0.25) is 9.78 Å². The van der Waals surface area contributed by atoms with E-state index in [0.717, 1.165) is 36.1 Å². The topological polar surface area (TPSA) is 121 Å². The summed E-state index contributed by atoms with van der Waals surface area (Å²) >= 11 is 1.47. The van der Waals surface area contributed by atoms with Crippen molar-refractivity contribution >= 4 is 39.3 Å². The number of esters is 1. The third-order valence-electron chi connectivity index (χ3n) is 5.97. The van der Waals surface area contributed by atoms with Crippen LogP contribution in [0.15, 0.2) is 29.1 Å². The summed E-state index contributed by atoms with van der Waals surface area (Å²) in [6, 6.07) is 7.98. The van der Waals surface area contributed by atoms with Crippen LogP contribution in [0, 0.1) is 0 Å². The number of aromatic nitrogens is 3. The van der Waals surface area contributed by atoms with E-state index in [-0.39, 0.29) is 24.8 Å². The monoisotopic (exact) mass is 484 g/mol. The second-order valence-corrected chi connectivity index (χ2v) is 9.38. The summed E-state index contributed by atoms with van der Waals surface area (Å²) in [6.45, 7) is 4.93. The predicted octanol–water partition coefficient (Wildman–Crippen LogP) is 1.98. The number of anilines is 2. The number of carbonyl (C=O) groups excluding carboxylic acids is 1. The molecule has 2 aliphatic rings. The standard InChI is InChI=1S/C23H28N6O4S/c1-2-32-22(31)16-13-29(10-11-33-16)23-27-19(25-14-6-5-9-24-12-14)18(20(30)28-23)21-26-15-7-3-4-8-17(15)34-21/h3-4,7-8,14,16,24H,2,5-6,9-13H2,1H3,(H2,25,27,28,30). The molecule has 5 rings (SSSR count). The number of hydrogen-bond donors (Lipinski definition) is 3. The van der Waals surface area contributed by atoms with Crippen molar-refractivity contribution in [2.24, 2.45) is 0 Å². The van der Waals surface area contributed by atoms with Crippen molar-refractivity contribution in [2.45, 2.75) is 31.9 Å². The molecule has 2 aromatic heterocycles. The highest BCUT2D eigenvalue weighted by Crippen LogP contribution is 2.32. The van der Waals surface area contributed by atoms with Gasteiger partial charge in [-0.1, -0.05) is 12.1 Å². The molecule has 34 heavy (non-hydrogen) atoms. The molecular formula is C23H28N6O4S. The zero-order valence-electron chi connectivity index (χ0n) is 19.0. The summed E-state index contributed by atoms with van der Waals surface area (Å²) in [4.78, 5) is 39.9. The summed E-state index contributed by atoms with van der Waals surface area (Å²) in [7, 11) is 0. The van der Waals surface area contributed by atoms with Crippen LogP contribution in [0.5, 0.6) is 0 Å². The van der Waals surface area contributed by atoms with Crippen molar-refractivity contribution in [2.75, 3.05) is 49.6 Å². The Kier molecular flexibility index (Phi) is 6.75. The van der Waals surface area contributed by atoms with Crippen LogP contribution in [-0.4, -0.2) is 72.5 Å². The Hall–Kier alpha value is -3.02. The number of hydrogen-bond acceptors (Lipinski definition) is 10. The van der Waals surface area contributed by atoms with Gasteiger partial charge in [-0.15, -0.1) is 11.3 Å². The van der Waals surface area contributed by atoms with Gasteiger partial charge in [0.25, 0.3) is 5.56 Å². The molecule has 0 saturated carbocycles. The molecule has 10 nitrogen and oxygen atoms in total. The minimum Gasteiger partial charge on any atom is -0.464 e. The van der Waals surface area contributed by atoms with Crippen LogP contribution >= 0.6 is 11.3 Å². The Bertz CT molecular complexity index is 1190. The lowest BCUT2D eigenvalue weighted by Crippen LogP contribution is -2.48. The minimum atomic E-state index is -0.720. The molecule has 2 unspecified atom stereocenters. The van der Waals surface area contributed by atoms with E-state index < -0.39 is 12.1 Å². The van der Waals surface area contributed by atoms with E-state index in [1.54, 1.807) is 6.92 Å². The largest absolute Gasteiger partial charge is 0.464 e. The Morgan fingerprint density at radius 3 is 3.03 bits per heavy atom. The van der Waals surface area contributed by atoms with Crippen molar-refractivity contribution in [3.05, 3.63) is 34.6 Å². The summed E-state index contributed by atoms with van der Waals surface area (Å²) < 4.78 is 11.7. The van der Waals surface area contributed by atoms with Gasteiger partial charge in [-0.25, -0.2) is 9.78 Å². The first kappa shape index (κ1) is 22.8. The maximum absolute atomic E-state index is 13.4. The van der Waals surface area contributed by atoms with E-state index in [1.165, 1.54) is 11.3 Å². The number of nitrogens with zero attached hydrogens (tertiary/aromatic N) is 3. The number of aromatic amines is 1. The van der Waals surface area contributed by atoms with Gasteiger partial charge in [0.1, 0.15) is 16.4 Å². The molecule has 3 N–H and O–H groups in total. The lowest BCUT2D eigenvalue weighted by Gasteiger charge is -2.32. The zero-order chi connectivity index (χ0) is 23.5. The minimum absolute atomic E-state index is 0.154. The molecule has 0 spiro atoms. The Morgan fingerprint density at radius 2 is 2.24 bits per heavy atom. The van der Waals surface area contributed by atoms with E-state index in [4.69, 9.17) is 19.4 Å². The summed E-state index contributed by atoms with van der Waals surface area (Å²) in [5, 5.41) is 7.51. The summed E-state index contributed by atoms with van der Waals surface area (Å²) in [6.07, 6.45) is 1.31. The first-order chi connectivity index (χ1) is 16.6. The van der Waals surface area contributed by atoms with Gasteiger partial charge in [0.15, 0.2) is 6.10 Å². The number of fused-ring (bicyclic) bond motifs is 1. The van der Waals surface area contributed by atoms with Crippen LogP contribution < -0.4 is 21.1 Å². The molecule has 0 amide bonds. The van der Waals surface area contributed by atoms with Crippen molar-refractivity contribution in [1.82, 2.24) is 20.3 Å². The van der Waals surface area contributed by atoms with Crippen LogP contribution in [0.2, 0.25) is 0 Å². The smallest absolute Gasteiger partial charge is 0.337 e. The molecule has 0 aliphatic carbocycles. The lowest BCUT2D eigenvalue weighted by molar-refractivity contribution is -0.157. The van der Waals surface area contributed by atoms with E-state index in [9.17, 15) is 9.59 Å². The van der Waals surface area contributed by atoms with E-state index in [1.807, 2.05) is 29.2 Å². The van der Waals surface area contributed by atoms with Crippen LogP contribution in [0.3, 0.4) is 0 Å². The molecule has 0 bridgehead atoms. The van der Waals surface area contributed by atoms with Gasteiger partial charge < -0.3 is 25.0 Å². The number of rotatable bonds is 6. The number of nitrogens with one attached hydrogen (secondary N) is 3. The lowest BCUT2D eigenvalue weighted by atomic mass is 10.1. The van der Waals surface area contributed by atoms with E-state index in [0.29, 0.717) is 35.5 Å². The Labute approximate surface area is 200 Å². The molecule has 3 aromatic rings. The average Bonchev–Trinajstić information content (AvgIpc) is 3.28. The maximum Gasteiger partial charge on any atom is 0.337 e. The molecular weight excluding hydrogens is 456 g/mol. The van der Waals surface area contributed by atoms with Gasteiger partial charge in [0.05, 0.1) is 30.0 Å². The van der Waals surface area contributed by atoms with Crippen LogP contribution in [0.1, 0.15) is 19.8 Å². The van der Waals surface area contributed by atoms with E-state index in [2.05, 4.69) is 15.6 Å². The zero-order valence-corrected chi connectivity index (χ0v) is 19.8. The predicted molar refractivity (Wildman–Crippen MR) is 132 cm³/mol. The Balaban J connectivity index is 1.51. The van der Waals surface area contributed by atoms with Gasteiger partial charge >= 0.3 is 5.97 Å². The quantitative estimate of drug-likeness (QED) is 0.451. The fraction of sp³-hybridized carbons (Fsp3) is 0.478. The number of morpholine rings is 1. The number of ether oxygens (including phenoxy) is 2. The second-order valence-electron chi connectivity index (χ2n) is 8.34.